The lowest BCUT2D eigenvalue weighted by atomic mass is 10.0. The Kier molecular flexibility index (Phi) is 17.0. The van der Waals surface area contributed by atoms with Crippen molar-refractivity contribution in [1.82, 2.24) is 89.6 Å². The molecule has 0 saturated carbocycles. The molecule has 3 atom stereocenters. The van der Waals surface area contributed by atoms with Gasteiger partial charge in [0.25, 0.3) is 0 Å². The molecule has 1 aliphatic heterocycles. The van der Waals surface area contributed by atoms with Crippen LogP contribution in [0.5, 0.6) is 0 Å². The maximum Gasteiger partial charge on any atom is 0.135 e. The number of rotatable bonds is 14. The zero-order valence-electron chi connectivity index (χ0n) is 52.8. The molecule has 482 valence electrons. The number of nitrogens with one attached hydrogen (secondary N) is 3. The van der Waals surface area contributed by atoms with Crippen molar-refractivity contribution >= 4 is 122 Å². The number of H-pyrrole nitrogens is 3. The van der Waals surface area contributed by atoms with Crippen LogP contribution < -0.4 is 22.9 Å². The number of aromatic amines is 3. The SMILES string of the molecule is CC(C)(O)Cn1cc2c(N)nc3cc(C4=CC=NC4)ccc3c2n1.CC(O)Cn1cc2c(N)nc3cc(-c4ccn[nH]4)ccc3c2n1.CCC(O)Cn1cc2c(N)nc3cc(-c4ccn[nH]4)ccc3c2n1.CCC(O)Cn1cc2c(N)nc3cc(-c4ccn[nH]4)ccc3c2n1. The summed E-state index contributed by atoms with van der Waals surface area (Å²) >= 11 is 0. The van der Waals surface area contributed by atoms with Crippen LogP contribution in [0.1, 0.15) is 53.0 Å². The Bertz CT molecular complexity index is 5160. The second-order valence-electron chi connectivity index (χ2n) is 24.2. The molecule has 0 saturated heterocycles. The van der Waals surface area contributed by atoms with Crippen molar-refractivity contribution in [1.29, 1.82) is 0 Å². The van der Waals surface area contributed by atoms with Crippen LogP contribution in [0.15, 0.2) is 145 Å². The Balaban J connectivity index is 0.000000115. The second-order valence-corrected chi connectivity index (χ2v) is 24.2. The van der Waals surface area contributed by atoms with Crippen molar-refractivity contribution < 1.29 is 20.4 Å². The number of hydrogen-bond acceptors (Lipinski definition) is 20. The average Bonchev–Trinajstić information content (AvgIpc) is 1.72. The van der Waals surface area contributed by atoms with Gasteiger partial charge >= 0.3 is 0 Å². The Labute approximate surface area is 541 Å². The van der Waals surface area contributed by atoms with Gasteiger partial charge in [-0.05, 0) is 118 Å². The quantitative estimate of drug-likeness (QED) is 0.0483. The molecule has 15 aromatic rings. The normalized spacial score (nSPS) is 13.4. The lowest BCUT2D eigenvalue weighted by molar-refractivity contribution is 0.0580. The minimum Gasteiger partial charge on any atom is -0.391 e. The molecule has 3 unspecified atom stereocenters. The van der Waals surface area contributed by atoms with Gasteiger partial charge < -0.3 is 43.4 Å². The molecule has 0 radical (unpaired) electrons. The molecular formula is C68H71N23O4. The number of anilines is 4. The van der Waals surface area contributed by atoms with E-state index in [9.17, 15) is 20.4 Å². The first-order valence-corrected chi connectivity index (χ1v) is 31.0. The summed E-state index contributed by atoms with van der Waals surface area (Å²) in [6, 6.07) is 29.7. The summed E-state index contributed by atoms with van der Waals surface area (Å²) in [4.78, 5) is 22.3. The predicted octanol–water partition coefficient (Wildman–Crippen LogP) is 9.00. The van der Waals surface area contributed by atoms with Crippen molar-refractivity contribution in [3.05, 3.63) is 146 Å². The summed E-state index contributed by atoms with van der Waals surface area (Å²) in [6.07, 6.45) is 16.4. The highest BCUT2D eigenvalue weighted by Gasteiger charge is 2.20. The fourth-order valence-electron chi connectivity index (χ4n) is 11.5. The van der Waals surface area contributed by atoms with Crippen molar-refractivity contribution in [3.63, 3.8) is 0 Å². The molecule has 0 fully saturated rings. The fraction of sp³-hybridized carbons (Fsp3) is 0.235. The number of nitrogens with two attached hydrogens (primary N) is 4. The second kappa shape index (κ2) is 25.9. The molecule has 15 N–H and O–H groups in total. The summed E-state index contributed by atoms with van der Waals surface area (Å²) in [6.45, 7) is 11.5. The van der Waals surface area contributed by atoms with E-state index >= 15 is 0 Å². The molecule has 12 heterocycles. The maximum atomic E-state index is 10.0. The number of benzene rings is 4. The van der Waals surface area contributed by atoms with Crippen molar-refractivity contribution in [2.45, 2.75) is 97.6 Å². The van der Waals surface area contributed by atoms with Crippen LogP contribution in [0, 0.1) is 0 Å². The third-order valence-corrected chi connectivity index (χ3v) is 16.3. The summed E-state index contributed by atoms with van der Waals surface area (Å²) in [7, 11) is 0. The highest BCUT2D eigenvalue weighted by Crippen LogP contribution is 2.35. The number of allylic oxidation sites excluding steroid dienone is 1. The number of nitrogens with zero attached hydrogens (tertiary/aromatic N) is 16. The van der Waals surface area contributed by atoms with Crippen molar-refractivity contribution in [3.8, 4) is 33.8 Å². The van der Waals surface area contributed by atoms with Crippen LogP contribution >= 0.6 is 0 Å². The summed E-state index contributed by atoms with van der Waals surface area (Å²) in [5.74, 6) is 1.77. The minimum absolute atomic E-state index is 0.394. The Hall–Kier alpha value is -11.5. The first-order valence-electron chi connectivity index (χ1n) is 31.0. The van der Waals surface area contributed by atoms with Gasteiger partial charge in [-0.3, -0.25) is 39.0 Å². The molecule has 1 aliphatic rings. The van der Waals surface area contributed by atoms with Gasteiger partial charge in [-0.2, -0.15) is 35.7 Å². The van der Waals surface area contributed by atoms with E-state index in [1.54, 1.807) is 58.1 Å². The third kappa shape index (κ3) is 13.2. The number of aliphatic imine (C=N–C) groups is 1. The first kappa shape index (κ1) is 62.3. The van der Waals surface area contributed by atoms with Gasteiger partial charge in [-0.25, -0.2) is 19.9 Å². The van der Waals surface area contributed by atoms with E-state index in [0.29, 0.717) is 68.8 Å². The monoisotopic (exact) mass is 1270 g/mol. The van der Waals surface area contributed by atoms with E-state index in [4.69, 9.17) is 22.9 Å². The zero-order valence-corrected chi connectivity index (χ0v) is 52.8. The van der Waals surface area contributed by atoms with Gasteiger partial charge in [0.05, 0.1) is 117 Å². The van der Waals surface area contributed by atoms with Gasteiger partial charge in [0, 0.05) is 87.8 Å². The van der Waals surface area contributed by atoms with E-state index < -0.39 is 23.9 Å². The number of fused-ring (bicyclic) bond motifs is 12. The van der Waals surface area contributed by atoms with Crippen LogP contribution in [-0.2, 0) is 26.2 Å². The van der Waals surface area contributed by atoms with Gasteiger partial charge in [0.2, 0.25) is 0 Å². The highest BCUT2D eigenvalue weighted by molar-refractivity contribution is 6.11. The van der Waals surface area contributed by atoms with E-state index in [0.717, 1.165) is 127 Å². The molecule has 11 aromatic heterocycles. The van der Waals surface area contributed by atoms with Crippen LogP contribution in [0.2, 0.25) is 0 Å². The van der Waals surface area contributed by atoms with E-state index in [1.807, 2.05) is 136 Å². The molecular weight excluding hydrogens is 1200 g/mol. The molecule has 0 bridgehead atoms. The van der Waals surface area contributed by atoms with Crippen molar-refractivity contribution in [2.75, 3.05) is 29.5 Å². The fourth-order valence-corrected chi connectivity index (χ4v) is 11.5. The molecule has 27 heteroatoms. The van der Waals surface area contributed by atoms with Crippen LogP contribution in [-0.4, -0.2) is 147 Å². The van der Waals surface area contributed by atoms with Crippen LogP contribution in [0.3, 0.4) is 0 Å². The zero-order chi connectivity index (χ0) is 66.2. The van der Waals surface area contributed by atoms with E-state index in [2.05, 4.69) is 82.0 Å². The van der Waals surface area contributed by atoms with Gasteiger partial charge in [-0.15, -0.1) is 0 Å². The van der Waals surface area contributed by atoms with Gasteiger partial charge in [0.1, 0.15) is 45.3 Å². The van der Waals surface area contributed by atoms with Gasteiger partial charge in [0.15, 0.2) is 0 Å². The van der Waals surface area contributed by atoms with E-state index in [-0.39, 0.29) is 0 Å². The third-order valence-electron chi connectivity index (χ3n) is 16.3. The topological polar surface area (TPSA) is 406 Å². The van der Waals surface area contributed by atoms with Crippen LogP contribution in [0.25, 0.3) is 127 Å². The summed E-state index contributed by atoms with van der Waals surface area (Å²) in [5.41, 5.74) is 38.0. The molecule has 16 rings (SSSR count). The first-order chi connectivity index (χ1) is 45.8. The Morgan fingerprint density at radius 2 is 0.800 bits per heavy atom. The molecule has 95 heavy (non-hydrogen) atoms. The predicted molar refractivity (Wildman–Crippen MR) is 372 cm³/mol. The average molecular weight is 1270 g/mol. The largest absolute Gasteiger partial charge is 0.391 e. The summed E-state index contributed by atoms with van der Waals surface area (Å²) < 4.78 is 6.90. The molecule has 0 amide bonds. The lowest BCUT2D eigenvalue weighted by Gasteiger charge is -2.16. The lowest BCUT2D eigenvalue weighted by Crippen LogP contribution is -2.26. The number of aliphatic hydroxyl groups is 4. The van der Waals surface area contributed by atoms with Crippen molar-refractivity contribution in [2.24, 2.45) is 4.99 Å². The summed E-state index contributed by atoms with van der Waals surface area (Å²) in [5, 5.41) is 85.3. The molecule has 0 spiro atoms. The number of nitrogen functional groups attached to an aromatic ring is 4. The Morgan fingerprint density at radius 1 is 0.463 bits per heavy atom. The Morgan fingerprint density at radius 3 is 1.12 bits per heavy atom. The molecule has 4 aromatic carbocycles. The number of aromatic nitrogens is 18. The smallest absolute Gasteiger partial charge is 0.135 e. The molecule has 0 aliphatic carbocycles. The minimum atomic E-state index is -0.845. The van der Waals surface area contributed by atoms with Crippen LogP contribution in [0.4, 0.5) is 23.3 Å². The standard InChI is InChI=1S/C18H19N5O.2C17H18N6O.C16H16N6O/c1-18(2,24)10-23-9-14-16(22-23)13-4-3-11(12-5-6-20-8-12)7-15(13)21-17(14)19;2*1-2-11(24)8-23-9-13-16(22-23)12-4-3-10(14-5-6-19-21-14)7-15(12)20-17(13)18;1-9(23)7-22-8-12-15(21-22)11-3-2-10(13-4-5-18-20-13)6-14(11)19-16(12)17/h3-7,9,24H,8,10H2,1-2H3,(H2,19,21);2*3-7,9,11,24H,2,8H2,1H3,(H2,18,20)(H,19,21);2-6,8-9,23H,7H2,1H3,(H2,17,19)(H,18,20). The number of pyridine rings is 4. The molecule has 27 nitrogen and oxygen atoms in total. The number of hydrogen-bond donors (Lipinski definition) is 11. The maximum absolute atomic E-state index is 10.0. The van der Waals surface area contributed by atoms with E-state index in [1.165, 1.54) is 5.57 Å². The number of aliphatic hydroxyl groups excluding tert-OH is 3. The van der Waals surface area contributed by atoms with Gasteiger partial charge in [-0.1, -0.05) is 38.1 Å². The highest BCUT2D eigenvalue weighted by atomic mass is 16.3.